The molecule has 3 heteroatoms. The summed E-state index contributed by atoms with van der Waals surface area (Å²) in [5.74, 6) is 0.689. The fourth-order valence-electron chi connectivity index (χ4n) is 2.98. The van der Waals surface area contributed by atoms with Gasteiger partial charge < -0.3 is 15.3 Å². The Balaban J connectivity index is 4.63. The topological polar surface area (TPSA) is 35.5 Å². The zero-order valence-corrected chi connectivity index (χ0v) is 14.9. The second-order valence-corrected chi connectivity index (χ2v) is 7.13. The first kappa shape index (κ1) is 19.9. The van der Waals surface area contributed by atoms with Gasteiger partial charge in [0.2, 0.25) is 0 Å². The number of aliphatic hydroxyl groups excluding tert-OH is 1. The Labute approximate surface area is 127 Å². The molecule has 20 heavy (non-hydrogen) atoms. The number of aliphatic hydroxyl groups is 1. The van der Waals surface area contributed by atoms with Crippen LogP contribution < -0.4 is 5.32 Å². The number of rotatable bonds is 11. The van der Waals surface area contributed by atoms with E-state index in [0.29, 0.717) is 18.0 Å². The zero-order chi connectivity index (χ0) is 15.8. The lowest BCUT2D eigenvalue weighted by molar-refractivity contribution is 0.111. The Morgan fingerprint density at radius 2 is 1.65 bits per heavy atom. The van der Waals surface area contributed by atoms with E-state index in [4.69, 9.17) is 0 Å². The molecule has 0 aromatic rings. The Kier molecular flexibility index (Phi) is 9.69. The maximum atomic E-state index is 9.70. The smallest absolute Gasteiger partial charge is 0.0611 e. The molecule has 0 saturated carbocycles. The minimum atomic E-state index is -0.171. The molecule has 0 fully saturated rings. The largest absolute Gasteiger partial charge is 0.394 e. The van der Waals surface area contributed by atoms with Crippen molar-refractivity contribution in [3.63, 3.8) is 0 Å². The summed E-state index contributed by atoms with van der Waals surface area (Å²) in [6.07, 6.45) is 3.40. The molecular weight excluding hydrogens is 248 g/mol. The summed E-state index contributed by atoms with van der Waals surface area (Å²) in [6, 6.07) is 1.07. The van der Waals surface area contributed by atoms with Crippen LogP contribution in [0.1, 0.15) is 67.7 Å². The van der Waals surface area contributed by atoms with Gasteiger partial charge in [0.05, 0.1) is 6.61 Å². The van der Waals surface area contributed by atoms with Gasteiger partial charge in [-0.2, -0.15) is 0 Å². The van der Waals surface area contributed by atoms with Gasteiger partial charge in [-0.3, -0.25) is 0 Å². The number of nitrogens with one attached hydrogen (secondary N) is 1. The highest BCUT2D eigenvalue weighted by Gasteiger charge is 2.26. The highest BCUT2D eigenvalue weighted by molar-refractivity contribution is 4.86. The van der Waals surface area contributed by atoms with Gasteiger partial charge in [0.25, 0.3) is 0 Å². The van der Waals surface area contributed by atoms with Crippen molar-refractivity contribution < 1.29 is 5.11 Å². The first-order valence-electron chi connectivity index (χ1n) is 8.40. The molecule has 0 heterocycles. The summed E-state index contributed by atoms with van der Waals surface area (Å²) in [5, 5.41) is 13.2. The van der Waals surface area contributed by atoms with Crippen molar-refractivity contribution in [3.05, 3.63) is 0 Å². The van der Waals surface area contributed by atoms with Crippen LogP contribution in [0.15, 0.2) is 0 Å². The van der Waals surface area contributed by atoms with Gasteiger partial charge in [0.1, 0.15) is 0 Å². The van der Waals surface area contributed by atoms with Crippen molar-refractivity contribution in [3.8, 4) is 0 Å². The summed E-state index contributed by atoms with van der Waals surface area (Å²) >= 11 is 0. The van der Waals surface area contributed by atoms with Crippen LogP contribution in [0.25, 0.3) is 0 Å². The fourth-order valence-corrected chi connectivity index (χ4v) is 2.98. The van der Waals surface area contributed by atoms with E-state index in [-0.39, 0.29) is 12.1 Å². The Morgan fingerprint density at radius 1 is 1.10 bits per heavy atom. The van der Waals surface area contributed by atoms with Crippen molar-refractivity contribution in [2.45, 2.75) is 85.4 Å². The molecule has 3 nitrogen and oxygen atoms in total. The molecule has 1 unspecified atom stereocenters. The van der Waals surface area contributed by atoms with Crippen molar-refractivity contribution in [2.75, 3.05) is 19.7 Å². The monoisotopic (exact) mass is 286 g/mol. The lowest BCUT2D eigenvalue weighted by Crippen LogP contribution is -2.51. The lowest BCUT2D eigenvalue weighted by Gasteiger charge is -2.37. The fraction of sp³-hybridized carbons (Fsp3) is 1.00. The van der Waals surface area contributed by atoms with E-state index in [1.165, 1.54) is 12.8 Å². The molecule has 0 rings (SSSR count). The van der Waals surface area contributed by atoms with Gasteiger partial charge in [0, 0.05) is 30.7 Å². The molecule has 122 valence electrons. The summed E-state index contributed by atoms with van der Waals surface area (Å²) < 4.78 is 0. The zero-order valence-electron chi connectivity index (χ0n) is 14.9. The molecule has 0 spiro atoms. The second-order valence-electron chi connectivity index (χ2n) is 7.13. The third-order valence-corrected chi connectivity index (χ3v) is 4.00. The lowest BCUT2D eigenvalue weighted by atomic mass is 9.96. The molecule has 0 aliphatic carbocycles. The van der Waals surface area contributed by atoms with Gasteiger partial charge in [0.15, 0.2) is 0 Å². The first-order valence-corrected chi connectivity index (χ1v) is 8.40. The quantitative estimate of drug-likeness (QED) is 0.612. The molecule has 1 atom stereocenters. The summed E-state index contributed by atoms with van der Waals surface area (Å²) in [6.45, 7) is 17.9. The highest BCUT2D eigenvalue weighted by Crippen LogP contribution is 2.17. The average molecular weight is 287 g/mol. The third-order valence-electron chi connectivity index (χ3n) is 4.00. The second kappa shape index (κ2) is 9.75. The van der Waals surface area contributed by atoms with Crippen LogP contribution in [0.2, 0.25) is 0 Å². The normalized spacial score (nSPS) is 15.6. The number of hydrogen-bond acceptors (Lipinski definition) is 3. The molecular formula is C17H38N2O. The molecule has 0 bridgehead atoms. The van der Waals surface area contributed by atoms with Crippen molar-refractivity contribution in [2.24, 2.45) is 5.92 Å². The molecule has 2 N–H and O–H groups in total. The van der Waals surface area contributed by atoms with Crippen LogP contribution in [-0.4, -0.2) is 47.3 Å². The van der Waals surface area contributed by atoms with E-state index in [0.717, 1.165) is 19.5 Å². The third kappa shape index (κ3) is 7.61. The Bertz CT molecular complexity index is 239. The van der Waals surface area contributed by atoms with Gasteiger partial charge in [-0.25, -0.2) is 0 Å². The standard InChI is InChI=1S/C17H38N2O/c1-8-16(9-2)19(12-14(3)4)11-10-17(7,13-20)18-15(5)6/h14-16,18,20H,8-13H2,1-7H3. The SMILES string of the molecule is CCC(CC)N(CCC(C)(CO)NC(C)C)CC(C)C. The predicted octanol–water partition coefficient (Wildman–Crippen LogP) is 3.27. The van der Waals surface area contributed by atoms with E-state index in [1.807, 2.05) is 0 Å². The molecule has 0 aromatic heterocycles. The predicted molar refractivity (Wildman–Crippen MR) is 89.2 cm³/mol. The van der Waals surface area contributed by atoms with E-state index >= 15 is 0 Å². The number of hydrogen-bond donors (Lipinski definition) is 2. The van der Waals surface area contributed by atoms with Gasteiger partial charge in [-0.05, 0) is 32.1 Å². The van der Waals surface area contributed by atoms with E-state index in [2.05, 4.69) is 58.7 Å². The van der Waals surface area contributed by atoms with Crippen LogP contribution >= 0.6 is 0 Å². The van der Waals surface area contributed by atoms with Crippen LogP contribution in [0, 0.1) is 5.92 Å². The average Bonchev–Trinajstić information content (AvgIpc) is 2.35. The van der Waals surface area contributed by atoms with Gasteiger partial charge in [-0.15, -0.1) is 0 Å². The molecule has 0 aliphatic rings. The minimum absolute atomic E-state index is 0.171. The Morgan fingerprint density at radius 3 is 2.00 bits per heavy atom. The van der Waals surface area contributed by atoms with Crippen LogP contribution in [-0.2, 0) is 0 Å². The van der Waals surface area contributed by atoms with Gasteiger partial charge in [-0.1, -0.05) is 41.5 Å². The van der Waals surface area contributed by atoms with Crippen molar-refractivity contribution in [1.82, 2.24) is 10.2 Å². The maximum Gasteiger partial charge on any atom is 0.0611 e. The summed E-state index contributed by atoms with van der Waals surface area (Å²) in [4.78, 5) is 2.61. The molecule has 0 amide bonds. The van der Waals surface area contributed by atoms with Gasteiger partial charge >= 0.3 is 0 Å². The van der Waals surface area contributed by atoms with Crippen LogP contribution in [0.3, 0.4) is 0 Å². The number of nitrogens with zero attached hydrogens (tertiary/aromatic N) is 1. The van der Waals surface area contributed by atoms with Crippen molar-refractivity contribution >= 4 is 0 Å². The molecule has 0 radical (unpaired) electrons. The molecule has 0 aromatic carbocycles. The first-order chi connectivity index (χ1) is 9.27. The highest BCUT2D eigenvalue weighted by atomic mass is 16.3. The van der Waals surface area contributed by atoms with Crippen molar-refractivity contribution in [1.29, 1.82) is 0 Å². The van der Waals surface area contributed by atoms with E-state index in [9.17, 15) is 5.11 Å². The summed E-state index contributed by atoms with van der Waals surface area (Å²) in [7, 11) is 0. The minimum Gasteiger partial charge on any atom is -0.394 e. The Hall–Kier alpha value is -0.120. The van der Waals surface area contributed by atoms with Crippen LogP contribution in [0.5, 0.6) is 0 Å². The van der Waals surface area contributed by atoms with E-state index in [1.54, 1.807) is 0 Å². The summed E-state index contributed by atoms with van der Waals surface area (Å²) in [5.41, 5.74) is -0.171. The molecule has 0 saturated heterocycles. The van der Waals surface area contributed by atoms with E-state index < -0.39 is 0 Å². The maximum absolute atomic E-state index is 9.70. The van der Waals surface area contributed by atoms with Crippen LogP contribution in [0.4, 0.5) is 0 Å². The molecule has 0 aliphatic heterocycles.